The number of rotatable bonds is 6. The van der Waals surface area contributed by atoms with Crippen molar-refractivity contribution in [3.63, 3.8) is 0 Å². The highest BCUT2D eigenvalue weighted by Gasteiger charge is 2.30. The van der Waals surface area contributed by atoms with Gasteiger partial charge in [-0.15, -0.1) is 0 Å². The van der Waals surface area contributed by atoms with Crippen molar-refractivity contribution < 1.29 is 18.4 Å². The van der Waals surface area contributed by atoms with Crippen LogP contribution in [-0.4, -0.2) is 35.8 Å². The molecule has 3 aromatic rings. The standard InChI is InChI=1S/C21H22FN3O3/c1-26-16-9-10-17(19(12-16)27-2)18-4-3-11-25(18)13-20-23-21(24-28-20)14-5-7-15(22)8-6-14/h5-10,12,18H,3-4,11,13H2,1-2H3. The van der Waals surface area contributed by atoms with E-state index in [1.807, 2.05) is 12.1 Å². The number of methoxy groups -OCH3 is 2. The zero-order valence-corrected chi connectivity index (χ0v) is 15.9. The Bertz CT molecular complexity index is 942. The van der Waals surface area contributed by atoms with Gasteiger partial charge in [0.25, 0.3) is 0 Å². The smallest absolute Gasteiger partial charge is 0.241 e. The average molecular weight is 383 g/mol. The molecule has 1 unspecified atom stereocenters. The summed E-state index contributed by atoms with van der Waals surface area (Å²) >= 11 is 0. The van der Waals surface area contributed by atoms with Crippen molar-refractivity contribution in [2.75, 3.05) is 20.8 Å². The fraction of sp³-hybridized carbons (Fsp3) is 0.333. The molecule has 28 heavy (non-hydrogen) atoms. The summed E-state index contributed by atoms with van der Waals surface area (Å²) in [5, 5.41) is 4.04. The van der Waals surface area contributed by atoms with E-state index in [2.05, 4.69) is 21.1 Å². The molecule has 0 aliphatic carbocycles. The first-order chi connectivity index (χ1) is 13.7. The molecule has 1 fully saturated rings. The van der Waals surface area contributed by atoms with Crippen LogP contribution >= 0.6 is 0 Å². The van der Waals surface area contributed by atoms with Gasteiger partial charge in [0.05, 0.1) is 20.8 Å². The lowest BCUT2D eigenvalue weighted by Gasteiger charge is -2.25. The van der Waals surface area contributed by atoms with Gasteiger partial charge in [0.2, 0.25) is 11.7 Å². The Morgan fingerprint density at radius 1 is 1.14 bits per heavy atom. The maximum Gasteiger partial charge on any atom is 0.241 e. The van der Waals surface area contributed by atoms with Gasteiger partial charge in [-0.2, -0.15) is 4.98 Å². The molecule has 146 valence electrons. The molecule has 1 aliphatic heterocycles. The molecular formula is C21H22FN3O3. The number of halogens is 1. The van der Waals surface area contributed by atoms with E-state index >= 15 is 0 Å². The topological polar surface area (TPSA) is 60.6 Å². The normalized spacial score (nSPS) is 17.0. The van der Waals surface area contributed by atoms with Gasteiger partial charge in [0, 0.05) is 23.2 Å². The highest BCUT2D eigenvalue weighted by Crippen LogP contribution is 2.39. The molecule has 1 atom stereocenters. The zero-order chi connectivity index (χ0) is 19.5. The fourth-order valence-electron chi connectivity index (χ4n) is 3.67. The molecule has 7 heteroatoms. The van der Waals surface area contributed by atoms with Crippen LogP contribution in [0, 0.1) is 5.82 Å². The zero-order valence-electron chi connectivity index (χ0n) is 15.9. The molecule has 6 nitrogen and oxygen atoms in total. The van der Waals surface area contributed by atoms with E-state index in [9.17, 15) is 4.39 Å². The van der Waals surface area contributed by atoms with Crippen molar-refractivity contribution in [1.29, 1.82) is 0 Å². The predicted octanol–water partition coefficient (Wildman–Crippen LogP) is 4.23. The number of hydrogen-bond acceptors (Lipinski definition) is 6. The molecule has 1 aromatic heterocycles. The van der Waals surface area contributed by atoms with Gasteiger partial charge >= 0.3 is 0 Å². The SMILES string of the molecule is COc1ccc(C2CCCN2Cc2nc(-c3ccc(F)cc3)no2)c(OC)c1. The van der Waals surface area contributed by atoms with Crippen molar-refractivity contribution in [3.05, 3.63) is 59.7 Å². The van der Waals surface area contributed by atoms with Gasteiger partial charge in [-0.25, -0.2) is 4.39 Å². The van der Waals surface area contributed by atoms with Gasteiger partial charge in [0.15, 0.2) is 0 Å². The number of hydrogen-bond donors (Lipinski definition) is 0. The summed E-state index contributed by atoms with van der Waals surface area (Å²) in [6.07, 6.45) is 2.11. The molecular weight excluding hydrogens is 361 g/mol. The largest absolute Gasteiger partial charge is 0.497 e. The van der Waals surface area contributed by atoms with Crippen LogP contribution in [0.1, 0.15) is 30.3 Å². The number of likely N-dealkylation sites (tertiary alicyclic amines) is 1. The Kier molecular flexibility index (Phi) is 5.25. The number of nitrogens with zero attached hydrogens (tertiary/aromatic N) is 3. The van der Waals surface area contributed by atoms with Crippen LogP contribution in [0.25, 0.3) is 11.4 Å². The van der Waals surface area contributed by atoms with Gasteiger partial charge in [-0.1, -0.05) is 11.2 Å². The van der Waals surface area contributed by atoms with E-state index in [0.29, 0.717) is 18.3 Å². The molecule has 4 rings (SSSR count). The Morgan fingerprint density at radius 3 is 2.71 bits per heavy atom. The minimum absolute atomic E-state index is 0.210. The summed E-state index contributed by atoms with van der Waals surface area (Å²) in [4.78, 5) is 6.79. The van der Waals surface area contributed by atoms with Crippen molar-refractivity contribution in [2.45, 2.75) is 25.4 Å². The Hall–Kier alpha value is -2.93. The molecule has 0 bridgehead atoms. The van der Waals surface area contributed by atoms with Crippen LogP contribution in [0.5, 0.6) is 11.5 Å². The first-order valence-electron chi connectivity index (χ1n) is 9.22. The van der Waals surface area contributed by atoms with E-state index in [1.54, 1.807) is 26.4 Å². The Morgan fingerprint density at radius 2 is 1.96 bits per heavy atom. The van der Waals surface area contributed by atoms with Crippen molar-refractivity contribution >= 4 is 0 Å². The summed E-state index contributed by atoms with van der Waals surface area (Å²) in [5.74, 6) is 2.30. The maximum atomic E-state index is 13.1. The third-order valence-electron chi connectivity index (χ3n) is 5.07. The van der Waals surface area contributed by atoms with Crippen LogP contribution in [-0.2, 0) is 6.54 Å². The van der Waals surface area contributed by atoms with Gasteiger partial charge in [-0.05, 0) is 49.7 Å². The van der Waals surface area contributed by atoms with Crippen LogP contribution in [0.2, 0.25) is 0 Å². The lowest BCUT2D eigenvalue weighted by Crippen LogP contribution is -2.23. The van der Waals surface area contributed by atoms with E-state index in [4.69, 9.17) is 14.0 Å². The maximum absolute atomic E-state index is 13.1. The van der Waals surface area contributed by atoms with E-state index < -0.39 is 0 Å². The molecule has 0 radical (unpaired) electrons. The highest BCUT2D eigenvalue weighted by atomic mass is 19.1. The second-order valence-electron chi connectivity index (χ2n) is 6.75. The number of benzene rings is 2. The third kappa shape index (κ3) is 3.71. The minimum atomic E-state index is -0.291. The minimum Gasteiger partial charge on any atom is -0.497 e. The highest BCUT2D eigenvalue weighted by molar-refractivity contribution is 5.53. The van der Waals surface area contributed by atoms with Crippen LogP contribution in [0.3, 0.4) is 0 Å². The lowest BCUT2D eigenvalue weighted by molar-refractivity contribution is 0.209. The molecule has 0 spiro atoms. The number of ether oxygens (including phenoxy) is 2. The summed E-state index contributed by atoms with van der Waals surface area (Å²) in [6.45, 7) is 1.49. The van der Waals surface area contributed by atoms with E-state index in [1.165, 1.54) is 12.1 Å². The monoisotopic (exact) mass is 383 g/mol. The second-order valence-corrected chi connectivity index (χ2v) is 6.75. The van der Waals surface area contributed by atoms with Crippen molar-refractivity contribution in [3.8, 4) is 22.9 Å². The molecule has 1 saturated heterocycles. The molecule has 1 aliphatic rings. The first-order valence-corrected chi connectivity index (χ1v) is 9.22. The predicted molar refractivity (Wildman–Crippen MR) is 102 cm³/mol. The van der Waals surface area contributed by atoms with Crippen LogP contribution < -0.4 is 9.47 Å². The molecule has 0 N–H and O–H groups in total. The lowest BCUT2D eigenvalue weighted by atomic mass is 10.0. The van der Waals surface area contributed by atoms with Gasteiger partial charge in [-0.3, -0.25) is 4.90 Å². The summed E-state index contributed by atoms with van der Waals surface area (Å²) in [7, 11) is 3.31. The third-order valence-corrected chi connectivity index (χ3v) is 5.07. The first kappa shape index (κ1) is 18.4. The Balaban J connectivity index is 1.53. The molecule has 0 saturated carbocycles. The summed E-state index contributed by atoms with van der Waals surface area (Å²) in [6, 6.07) is 12.2. The molecule has 2 aromatic carbocycles. The summed E-state index contributed by atoms with van der Waals surface area (Å²) < 4.78 is 29.4. The van der Waals surface area contributed by atoms with Crippen LogP contribution in [0.4, 0.5) is 4.39 Å². The van der Waals surface area contributed by atoms with Crippen molar-refractivity contribution in [2.24, 2.45) is 0 Å². The van der Waals surface area contributed by atoms with E-state index in [0.717, 1.165) is 42.0 Å². The molecule has 2 heterocycles. The van der Waals surface area contributed by atoms with Crippen molar-refractivity contribution in [1.82, 2.24) is 15.0 Å². The van der Waals surface area contributed by atoms with E-state index in [-0.39, 0.29) is 11.9 Å². The van der Waals surface area contributed by atoms with Crippen LogP contribution in [0.15, 0.2) is 47.0 Å². The van der Waals surface area contributed by atoms with Gasteiger partial charge < -0.3 is 14.0 Å². The fourth-order valence-corrected chi connectivity index (χ4v) is 3.67. The van der Waals surface area contributed by atoms with Gasteiger partial charge in [0.1, 0.15) is 17.3 Å². The summed E-state index contributed by atoms with van der Waals surface area (Å²) in [5.41, 5.74) is 1.85. The number of aromatic nitrogens is 2. The quantitative estimate of drug-likeness (QED) is 0.635. The second kappa shape index (κ2) is 7.98. The average Bonchev–Trinajstić information content (AvgIpc) is 3.38. The molecule has 0 amide bonds. The Labute approximate surface area is 162 Å².